The molecule has 0 spiro atoms. The lowest BCUT2D eigenvalue weighted by atomic mass is 9.51. The fraction of sp³-hybridized carbons (Fsp3) is 0.733. The molecular weight excluding hydrogens is 376 g/mol. The molecule has 0 radical (unpaired) electrons. The normalized spacial score (nSPS) is 33.2. The van der Waals surface area contributed by atoms with E-state index in [4.69, 9.17) is 4.74 Å². The summed E-state index contributed by atoms with van der Waals surface area (Å²) in [6.45, 7) is 5.30. The van der Waals surface area contributed by atoms with Gasteiger partial charge in [0.05, 0.1) is 12.7 Å². The monoisotopic (exact) mass is 422 g/mol. The Morgan fingerprint density at radius 2 is 1.52 bits per heavy atom. The molecule has 1 aromatic rings. The summed E-state index contributed by atoms with van der Waals surface area (Å²) >= 11 is 0. The van der Waals surface area contributed by atoms with Crippen LogP contribution in [-0.2, 0) is 10.2 Å². The molecule has 5 rings (SSSR count). The van der Waals surface area contributed by atoms with E-state index in [0.29, 0.717) is 16.9 Å². The lowest BCUT2D eigenvalue weighted by molar-refractivity contribution is 0.0305. The molecule has 1 aromatic carbocycles. The van der Waals surface area contributed by atoms with Crippen LogP contribution in [0.4, 0.5) is 0 Å². The van der Waals surface area contributed by atoms with Gasteiger partial charge in [-0.3, -0.25) is 0 Å². The largest absolute Gasteiger partial charge is 0.374 e. The summed E-state index contributed by atoms with van der Waals surface area (Å²) < 4.78 is 6.05. The quantitative estimate of drug-likeness (QED) is 0.270. The van der Waals surface area contributed by atoms with Gasteiger partial charge >= 0.3 is 0 Å². The summed E-state index contributed by atoms with van der Waals surface area (Å²) in [6.07, 6.45) is 25.5. The van der Waals surface area contributed by atoms with Crippen LogP contribution in [0.1, 0.15) is 127 Å². The highest BCUT2D eigenvalue weighted by Gasteiger charge is 2.48. The summed E-state index contributed by atoms with van der Waals surface area (Å²) in [4.78, 5) is 0. The molecule has 4 aliphatic carbocycles. The van der Waals surface area contributed by atoms with Crippen molar-refractivity contribution >= 4 is 0 Å². The summed E-state index contributed by atoms with van der Waals surface area (Å²) in [5.41, 5.74) is 4.44. The lowest BCUT2D eigenvalue weighted by Gasteiger charge is -2.54. The van der Waals surface area contributed by atoms with E-state index in [1.54, 1.807) is 11.1 Å². The first-order valence-electron chi connectivity index (χ1n) is 13.6. The van der Waals surface area contributed by atoms with E-state index in [1.807, 2.05) is 0 Å². The van der Waals surface area contributed by atoms with E-state index in [-0.39, 0.29) is 0 Å². The Bertz CT molecular complexity index is 667. The predicted octanol–water partition coefficient (Wildman–Crippen LogP) is 8.87. The van der Waals surface area contributed by atoms with Gasteiger partial charge in [-0.25, -0.2) is 0 Å². The maximum atomic E-state index is 6.05. The number of hydrogen-bond donors (Lipinski definition) is 0. The van der Waals surface area contributed by atoms with Crippen molar-refractivity contribution in [3.05, 3.63) is 47.5 Å². The minimum absolute atomic E-state index is 0.470. The molecule has 0 heterocycles. The summed E-state index contributed by atoms with van der Waals surface area (Å²) in [7, 11) is 0. The second kappa shape index (κ2) is 10.7. The highest BCUT2D eigenvalue weighted by Crippen LogP contribution is 2.59. The standard InChI is InChI=1S/C30H46O/c1-3-5-7-17-29-18-21-30(22-19-29,23-20-29)27-13-9-25(10-14-27)26-11-15-28(16-12-26)31-24-8-6-4-2/h6,8-10,13-14,26,28H,3-5,7,11-12,15-24H2,1-2H3/b8-6+. The maximum absolute atomic E-state index is 6.05. The maximum Gasteiger partial charge on any atom is 0.0651 e. The third-order valence-corrected chi connectivity index (χ3v) is 9.21. The molecule has 0 saturated heterocycles. The molecule has 0 amide bonds. The number of benzene rings is 1. The first-order valence-corrected chi connectivity index (χ1v) is 13.6. The van der Waals surface area contributed by atoms with Crippen LogP contribution >= 0.6 is 0 Å². The highest BCUT2D eigenvalue weighted by atomic mass is 16.5. The molecule has 31 heavy (non-hydrogen) atoms. The smallest absolute Gasteiger partial charge is 0.0651 e. The molecular formula is C30H46O. The lowest BCUT2D eigenvalue weighted by Crippen LogP contribution is -2.44. The van der Waals surface area contributed by atoms with Crippen LogP contribution in [0.5, 0.6) is 0 Å². The van der Waals surface area contributed by atoms with Gasteiger partial charge in [0.1, 0.15) is 0 Å². The number of hydrogen-bond acceptors (Lipinski definition) is 1. The highest BCUT2D eigenvalue weighted by molar-refractivity contribution is 5.33. The van der Waals surface area contributed by atoms with Gasteiger partial charge in [-0.15, -0.1) is 0 Å². The zero-order chi connectivity index (χ0) is 21.6. The molecule has 172 valence electrons. The molecule has 1 nitrogen and oxygen atoms in total. The van der Waals surface area contributed by atoms with Crippen LogP contribution in [0.3, 0.4) is 0 Å². The van der Waals surface area contributed by atoms with Crippen molar-refractivity contribution in [1.82, 2.24) is 0 Å². The molecule has 4 saturated carbocycles. The molecule has 0 N–H and O–H groups in total. The number of fused-ring (bicyclic) bond motifs is 3. The van der Waals surface area contributed by atoms with E-state index in [2.05, 4.69) is 50.3 Å². The zero-order valence-corrected chi connectivity index (χ0v) is 20.3. The minimum Gasteiger partial charge on any atom is -0.374 e. The van der Waals surface area contributed by atoms with Gasteiger partial charge in [-0.05, 0) is 105 Å². The van der Waals surface area contributed by atoms with Crippen molar-refractivity contribution in [2.45, 2.75) is 128 Å². The van der Waals surface area contributed by atoms with E-state index >= 15 is 0 Å². The predicted molar refractivity (Wildman–Crippen MR) is 133 cm³/mol. The summed E-state index contributed by atoms with van der Waals surface area (Å²) in [6, 6.07) is 10.0. The summed E-state index contributed by atoms with van der Waals surface area (Å²) in [5, 5.41) is 0. The van der Waals surface area contributed by atoms with Gasteiger partial charge in [0.25, 0.3) is 0 Å². The van der Waals surface area contributed by atoms with Crippen LogP contribution in [0, 0.1) is 5.41 Å². The number of allylic oxidation sites excluding steroid dienone is 1. The average molecular weight is 423 g/mol. The topological polar surface area (TPSA) is 9.23 Å². The Hall–Kier alpha value is -1.08. The zero-order valence-electron chi connectivity index (χ0n) is 20.3. The first kappa shape index (κ1) is 23.1. The van der Waals surface area contributed by atoms with Gasteiger partial charge < -0.3 is 4.74 Å². The molecule has 0 aliphatic heterocycles. The van der Waals surface area contributed by atoms with Crippen LogP contribution < -0.4 is 0 Å². The molecule has 4 aliphatic rings. The van der Waals surface area contributed by atoms with Crippen molar-refractivity contribution < 1.29 is 4.74 Å². The average Bonchev–Trinajstić information content (AvgIpc) is 2.84. The second-order valence-electron chi connectivity index (χ2n) is 11.0. The van der Waals surface area contributed by atoms with Crippen LogP contribution in [0.2, 0.25) is 0 Å². The third-order valence-electron chi connectivity index (χ3n) is 9.21. The van der Waals surface area contributed by atoms with Gasteiger partial charge in [-0.2, -0.15) is 0 Å². The van der Waals surface area contributed by atoms with Gasteiger partial charge in [-0.1, -0.05) is 69.5 Å². The van der Waals surface area contributed by atoms with Crippen molar-refractivity contribution in [1.29, 1.82) is 0 Å². The van der Waals surface area contributed by atoms with Crippen LogP contribution in [-0.4, -0.2) is 12.7 Å². The number of unbranched alkanes of at least 4 members (excludes halogenated alkanes) is 2. The Morgan fingerprint density at radius 1 is 0.839 bits per heavy atom. The van der Waals surface area contributed by atoms with Crippen LogP contribution in [0.15, 0.2) is 36.4 Å². The SMILES string of the molecule is CC/C=C/COC1CCC(c2ccc(C34CCC(CCCCC)(CC3)CC4)cc2)CC1. The Labute approximate surface area is 192 Å². The fourth-order valence-corrected chi connectivity index (χ4v) is 6.92. The van der Waals surface area contributed by atoms with E-state index < -0.39 is 0 Å². The first-order chi connectivity index (χ1) is 15.2. The third kappa shape index (κ3) is 5.47. The van der Waals surface area contributed by atoms with E-state index in [1.165, 1.54) is 89.9 Å². The van der Waals surface area contributed by atoms with Crippen molar-refractivity contribution in [3.8, 4) is 0 Å². The van der Waals surface area contributed by atoms with Crippen molar-refractivity contribution in [3.63, 3.8) is 0 Å². The fourth-order valence-electron chi connectivity index (χ4n) is 6.92. The van der Waals surface area contributed by atoms with Crippen LogP contribution in [0.25, 0.3) is 0 Å². The summed E-state index contributed by atoms with van der Waals surface area (Å²) in [5.74, 6) is 0.738. The second-order valence-corrected chi connectivity index (χ2v) is 11.0. The number of ether oxygens (including phenoxy) is 1. The molecule has 1 heteroatoms. The molecule has 2 bridgehead atoms. The van der Waals surface area contributed by atoms with Crippen molar-refractivity contribution in [2.75, 3.05) is 6.61 Å². The molecule has 0 unspecified atom stereocenters. The molecule has 0 aromatic heterocycles. The van der Waals surface area contributed by atoms with E-state index in [0.717, 1.165) is 18.9 Å². The van der Waals surface area contributed by atoms with Crippen molar-refractivity contribution in [2.24, 2.45) is 5.41 Å². The molecule has 0 atom stereocenters. The van der Waals surface area contributed by atoms with Gasteiger partial charge in [0.2, 0.25) is 0 Å². The Morgan fingerprint density at radius 3 is 2.13 bits per heavy atom. The Kier molecular flexibility index (Phi) is 7.96. The Balaban J connectivity index is 1.28. The minimum atomic E-state index is 0.470. The molecule has 4 fully saturated rings. The number of rotatable bonds is 10. The van der Waals surface area contributed by atoms with Gasteiger partial charge in [0.15, 0.2) is 0 Å². The van der Waals surface area contributed by atoms with E-state index in [9.17, 15) is 0 Å². The van der Waals surface area contributed by atoms with Gasteiger partial charge in [0, 0.05) is 0 Å².